The fourth-order valence-corrected chi connectivity index (χ4v) is 19.1. The minimum Gasteiger partial charge on any atom is -0.354 e. The summed E-state index contributed by atoms with van der Waals surface area (Å²) in [6.45, 7) is 30.0. The van der Waals surface area contributed by atoms with Crippen LogP contribution in [-0.2, 0) is 36.6 Å². The molecule has 6 atom stereocenters. The Bertz CT molecular complexity index is 1380. The Morgan fingerprint density at radius 1 is 0.459 bits per heavy atom. The Morgan fingerprint density at radius 3 is 1.00 bits per heavy atom. The third kappa shape index (κ3) is 2.22. The van der Waals surface area contributed by atoms with E-state index in [4.69, 9.17) is 14.2 Å². The maximum Gasteiger partial charge on any atom is 0.167 e. The van der Waals surface area contributed by atoms with E-state index < -0.39 is 32.3 Å². The first kappa shape index (κ1) is 24.0. The predicted octanol–water partition coefficient (Wildman–Crippen LogP) is 4.22. The van der Waals surface area contributed by atoms with Crippen LogP contribution in [0.15, 0.2) is 24.3 Å². The van der Waals surface area contributed by atoms with Crippen molar-refractivity contribution in [3.05, 3.63) is 46.5 Å². The molecule has 0 bridgehead atoms. The topological polar surface area (TPSA) is 37.6 Å². The molecule has 1 saturated carbocycles. The lowest BCUT2D eigenvalue weighted by Gasteiger charge is -2.49. The van der Waals surface area contributed by atoms with Crippen molar-refractivity contribution in [1.29, 1.82) is 0 Å². The lowest BCUT2D eigenvalue weighted by Crippen LogP contribution is -2.65. The van der Waals surface area contributed by atoms with Crippen molar-refractivity contribution >= 4 is 53.0 Å². The third-order valence-electron chi connectivity index (χ3n) is 10.5. The molecular weight excluding hydrogens is 521 g/mol. The Hall–Kier alpha value is -0.812. The quantitative estimate of drug-likeness (QED) is 0.414. The first-order valence-corrected chi connectivity index (χ1v) is 28.3. The second kappa shape index (κ2) is 5.80. The van der Waals surface area contributed by atoms with Crippen molar-refractivity contribution in [2.24, 2.45) is 0 Å². The summed E-state index contributed by atoms with van der Waals surface area (Å²) < 4.78 is 20.7. The molecule has 0 radical (unpaired) electrons. The zero-order valence-electron chi connectivity index (χ0n) is 24.7. The molecule has 0 amide bonds. The lowest BCUT2D eigenvalue weighted by molar-refractivity contribution is 0.112. The number of hydrogen-bond donors (Lipinski definition) is 0. The van der Waals surface area contributed by atoms with E-state index in [2.05, 4.69) is 103 Å². The second-order valence-electron chi connectivity index (χ2n) is 16.9. The molecule has 4 spiro atoms. The van der Waals surface area contributed by atoms with Crippen LogP contribution >= 0.6 is 0 Å². The number of benzene rings is 2. The molecule has 2 aromatic rings. The lowest BCUT2D eigenvalue weighted by atomic mass is 9.46. The fourth-order valence-electron chi connectivity index (χ4n) is 8.78. The van der Waals surface area contributed by atoms with Crippen LogP contribution in [0.25, 0.3) is 0 Å². The minimum absolute atomic E-state index is 0.142. The van der Waals surface area contributed by atoms with Crippen molar-refractivity contribution in [2.75, 3.05) is 0 Å². The van der Waals surface area contributed by atoms with Gasteiger partial charge in [0.05, 0.1) is 32.3 Å². The Morgan fingerprint density at radius 2 is 0.730 bits per heavy atom. The molecular formula is C30H42O3Si4. The number of epoxide rings is 3. The van der Waals surface area contributed by atoms with E-state index in [9.17, 15) is 0 Å². The van der Waals surface area contributed by atoms with Gasteiger partial charge in [-0.1, -0.05) is 124 Å². The molecule has 0 aromatic heterocycles. The van der Waals surface area contributed by atoms with Crippen LogP contribution in [0, 0.1) is 0 Å². The highest BCUT2D eigenvalue weighted by Crippen LogP contribution is 2.98. The Labute approximate surface area is 226 Å². The Kier molecular flexibility index (Phi) is 3.77. The molecule has 3 heterocycles. The molecule has 3 aliphatic carbocycles. The smallest absolute Gasteiger partial charge is 0.167 e. The molecule has 8 rings (SSSR count). The summed E-state index contributed by atoms with van der Waals surface area (Å²) in [4.78, 5) is 0. The van der Waals surface area contributed by atoms with Crippen molar-refractivity contribution in [2.45, 2.75) is 113 Å². The normalized spacial score (nSPS) is 39.5. The van der Waals surface area contributed by atoms with Crippen LogP contribution in [0.5, 0.6) is 0 Å². The molecule has 4 fully saturated rings. The number of fused-ring (bicyclic) bond motifs is 3. The van der Waals surface area contributed by atoms with Gasteiger partial charge in [0.25, 0.3) is 0 Å². The molecule has 0 unspecified atom stereocenters. The molecule has 0 N–H and O–H groups in total. The molecule has 7 heteroatoms. The van der Waals surface area contributed by atoms with Gasteiger partial charge in [0.1, 0.15) is 12.2 Å². The molecule has 2 aromatic carbocycles. The summed E-state index contributed by atoms with van der Waals surface area (Å²) in [6.07, 6.45) is 0.283. The van der Waals surface area contributed by atoms with Crippen LogP contribution in [0.4, 0.5) is 0 Å². The van der Waals surface area contributed by atoms with Gasteiger partial charge in [-0.25, -0.2) is 0 Å². The van der Waals surface area contributed by atoms with Gasteiger partial charge in [-0.2, -0.15) is 0 Å². The highest BCUT2D eigenvalue weighted by Gasteiger charge is 3.11. The number of ether oxygens (including phenoxy) is 3. The second-order valence-corrected chi connectivity index (χ2v) is 37.1. The number of rotatable bonds is 4. The predicted molar refractivity (Wildman–Crippen MR) is 162 cm³/mol. The van der Waals surface area contributed by atoms with Gasteiger partial charge in [0.15, 0.2) is 22.4 Å². The largest absolute Gasteiger partial charge is 0.354 e. The van der Waals surface area contributed by atoms with E-state index in [1.807, 2.05) is 0 Å². The van der Waals surface area contributed by atoms with E-state index in [-0.39, 0.29) is 34.6 Å². The van der Waals surface area contributed by atoms with Gasteiger partial charge in [0.2, 0.25) is 0 Å². The van der Waals surface area contributed by atoms with Gasteiger partial charge in [-0.3, -0.25) is 0 Å². The summed E-state index contributed by atoms with van der Waals surface area (Å²) in [5.74, 6) is 0. The fraction of sp³-hybridized carbons (Fsp3) is 0.600. The standard InChI is InChI=1S/C30H42O3Si4/c1-34(2,3)21-13-17-19(15-23(21)36(7,8)9)29-27(17)25(31-27)26-28(32-26)18-14-22(35(4,5)6)24(37(10,11)12)16-20(18)30(28,29)33-29/h13-16,25-26H,1-12H3/t25-,26-,27-,28-,29-,30+/m0/s1. The van der Waals surface area contributed by atoms with Crippen molar-refractivity contribution < 1.29 is 14.2 Å². The van der Waals surface area contributed by atoms with Gasteiger partial charge < -0.3 is 14.2 Å². The third-order valence-corrected chi connectivity index (χ3v) is 19.1. The van der Waals surface area contributed by atoms with Crippen LogP contribution in [0.2, 0.25) is 78.6 Å². The first-order chi connectivity index (χ1) is 16.8. The van der Waals surface area contributed by atoms with Gasteiger partial charge in [-0.05, 0) is 22.3 Å². The van der Waals surface area contributed by atoms with Crippen molar-refractivity contribution in [3.8, 4) is 0 Å². The molecule has 3 aliphatic heterocycles. The number of hydrogen-bond acceptors (Lipinski definition) is 3. The van der Waals surface area contributed by atoms with Crippen LogP contribution in [0.3, 0.4) is 0 Å². The summed E-state index contributed by atoms with van der Waals surface area (Å²) in [7, 11) is -6.10. The average Bonchev–Trinajstić information content (AvgIpc) is 3.62. The van der Waals surface area contributed by atoms with E-state index in [0.717, 1.165) is 0 Å². The average molecular weight is 563 g/mol. The molecule has 6 aliphatic rings. The first-order valence-electron chi connectivity index (χ1n) is 14.3. The van der Waals surface area contributed by atoms with E-state index in [1.165, 1.54) is 22.3 Å². The van der Waals surface area contributed by atoms with Crippen molar-refractivity contribution in [1.82, 2.24) is 0 Å². The SMILES string of the molecule is C[Si](C)(C)c1cc2c(cc1[Si](C)(C)C)[C@]13O[C@H]1[C@@H]1O[C@@]14c1cc([Si](C)(C)C)c([Si](C)(C)C)cc1[C@@]41O[C@]213. The van der Waals surface area contributed by atoms with Gasteiger partial charge in [-0.15, -0.1) is 0 Å². The molecule has 3 saturated heterocycles. The van der Waals surface area contributed by atoms with E-state index in [1.54, 1.807) is 20.7 Å². The monoisotopic (exact) mass is 562 g/mol. The van der Waals surface area contributed by atoms with Crippen LogP contribution in [0.1, 0.15) is 22.3 Å². The summed E-state index contributed by atoms with van der Waals surface area (Å²) in [5.41, 5.74) is 4.45. The summed E-state index contributed by atoms with van der Waals surface area (Å²) >= 11 is 0. The summed E-state index contributed by atoms with van der Waals surface area (Å²) in [6, 6.07) is 10.3. The molecule has 3 nitrogen and oxygen atoms in total. The zero-order valence-corrected chi connectivity index (χ0v) is 28.7. The van der Waals surface area contributed by atoms with E-state index in [0.29, 0.717) is 0 Å². The van der Waals surface area contributed by atoms with Gasteiger partial charge in [0, 0.05) is 0 Å². The Balaban J connectivity index is 1.37. The van der Waals surface area contributed by atoms with Crippen LogP contribution < -0.4 is 20.7 Å². The maximum atomic E-state index is 7.18. The molecule has 196 valence electrons. The minimum atomic E-state index is -1.54. The molecule has 37 heavy (non-hydrogen) atoms. The summed E-state index contributed by atoms with van der Waals surface area (Å²) in [5, 5.41) is 6.56. The van der Waals surface area contributed by atoms with E-state index >= 15 is 0 Å². The zero-order chi connectivity index (χ0) is 26.7. The van der Waals surface area contributed by atoms with Crippen molar-refractivity contribution in [3.63, 3.8) is 0 Å². The highest BCUT2D eigenvalue weighted by atomic mass is 28.3. The van der Waals surface area contributed by atoms with Crippen LogP contribution in [-0.4, -0.2) is 44.5 Å². The maximum absolute atomic E-state index is 7.18. The van der Waals surface area contributed by atoms with Gasteiger partial charge >= 0.3 is 0 Å². The highest BCUT2D eigenvalue weighted by molar-refractivity contribution is 6.99.